The van der Waals surface area contributed by atoms with Gasteiger partial charge in [-0.15, -0.1) is 6.58 Å². The van der Waals surface area contributed by atoms with Crippen LogP contribution in [0.2, 0.25) is 0 Å². The fourth-order valence-electron chi connectivity index (χ4n) is 4.74. The molecule has 0 unspecified atom stereocenters. The van der Waals surface area contributed by atoms with Crippen LogP contribution in [0.5, 0.6) is 5.75 Å². The number of carbonyl (C=O) groups excluding carboxylic acids is 1. The minimum Gasteiger partial charge on any atom is -0.497 e. The van der Waals surface area contributed by atoms with Gasteiger partial charge < -0.3 is 29.0 Å². The Morgan fingerprint density at radius 2 is 1.81 bits per heavy atom. The predicted octanol–water partition coefficient (Wildman–Crippen LogP) is 0.554. The zero-order valence-electron chi connectivity index (χ0n) is 20.3. The number of nitrogens with one attached hydrogen (secondary N) is 1. The van der Waals surface area contributed by atoms with Crippen molar-refractivity contribution in [2.24, 2.45) is 0 Å². The van der Waals surface area contributed by atoms with Gasteiger partial charge in [-0.3, -0.25) is 18.7 Å². The molecule has 0 saturated carbocycles. The number of ether oxygens (including phenoxy) is 5. The standard InChI is InChI=1S/C25H29N3O8/c1-5-11-26-22(30)20-18(33-20)17-19-21(36-25(2,3)35-19)23(34-17)27-12-10-16(29)28(24(27)31)13-14-6-8-15(32-4)9-7-14/h5-10,12,17-21,23H,1,11,13H2,2-4H3,(H,26,30)/t17-,18+,19-,20-,21-,23-/m1/s1. The van der Waals surface area contributed by atoms with Gasteiger partial charge in [0.05, 0.1) is 13.7 Å². The lowest BCUT2D eigenvalue weighted by Gasteiger charge is -2.25. The number of carbonyl (C=O) groups is 1. The van der Waals surface area contributed by atoms with Gasteiger partial charge in [0.15, 0.2) is 18.1 Å². The summed E-state index contributed by atoms with van der Waals surface area (Å²) in [4.78, 5) is 38.4. The zero-order chi connectivity index (χ0) is 25.6. The average Bonchev–Trinajstić information content (AvgIpc) is 3.49. The molecule has 0 radical (unpaired) electrons. The molecule has 36 heavy (non-hydrogen) atoms. The van der Waals surface area contributed by atoms with Crippen LogP contribution in [0.4, 0.5) is 0 Å². The van der Waals surface area contributed by atoms with Crippen LogP contribution in [-0.2, 0) is 30.3 Å². The number of amides is 1. The van der Waals surface area contributed by atoms with Gasteiger partial charge in [0.2, 0.25) is 0 Å². The summed E-state index contributed by atoms with van der Waals surface area (Å²) in [6.07, 6.45) is -0.995. The Labute approximate surface area is 207 Å². The van der Waals surface area contributed by atoms with Crippen molar-refractivity contribution in [2.45, 2.75) is 62.9 Å². The molecule has 3 saturated heterocycles. The molecule has 6 atom stereocenters. The normalized spacial score (nSPS) is 30.0. The number of fused-ring (bicyclic) bond motifs is 1. The van der Waals surface area contributed by atoms with Crippen molar-refractivity contribution >= 4 is 5.91 Å². The van der Waals surface area contributed by atoms with Gasteiger partial charge in [-0.25, -0.2) is 4.79 Å². The number of hydrogen-bond donors (Lipinski definition) is 1. The summed E-state index contributed by atoms with van der Waals surface area (Å²) < 4.78 is 31.7. The van der Waals surface area contributed by atoms with E-state index in [-0.39, 0.29) is 12.5 Å². The van der Waals surface area contributed by atoms with Gasteiger partial charge in [-0.2, -0.15) is 0 Å². The summed E-state index contributed by atoms with van der Waals surface area (Å²) >= 11 is 0. The van der Waals surface area contributed by atoms with Crippen molar-refractivity contribution in [3.63, 3.8) is 0 Å². The summed E-state index contributed by atoms with van der Waals surface area (Å²) in [6, 6.07) is 8.42. The maximum absolute atomic E-state index is 13.5. The number of aromatic nitrogens is 2. The van der Waals surface area contributed by atoms with E-state index in [0.717, 1.165) is 10.1 Å². The minimum atomic E-state index is -0.924. The SMILES string of the molecule is C=CCNC(=O)[C@@H]1O[C@H]1[C@H]1O[C@@H](n2ccc(=O)n(Cc3ccc(OC)cc3)c2=O)[C@@H]2OC(C)(C)O[C@H]12. The highest BCUT2D eigenvalue weighted by molar-refractivity contribution is 5.84. The van der Waals surface area contributed by atoms with Crippen LogP contribution in [-0.4, -0.2) is 65.0 Å². The molecule has 192 valence electrons. The molecule has 1 amide bonds. The highest BCUT2D eigenvalue weighted by Crippen LogP contribution is 2.47. The molecule has 0 aliphatic carbocycles. The number of nitrogens with zero attached hydrogens (tertiary/aromatic N) is 2. The summed E-state index contributed by atoms with van der Waals surface area (Å²) in [6.45, 7) is 7.53. The number of hydrogen-bond acceptors (Lipinski definition) is 8. The number of epoxide rings is 1. The lowest BCUT2D eigenvalue weighted by atomic mass is 10.1. The molecule has 0 spiro atoms. The first-order chi connectivity index (χ1) is 17.2. The van der Waals surface area contributed by atoms with Crippen LogP contribution in [0.1, 0.15) is 25.6 Å². The zero-order valence-corrected chi connectivity index (χ0v) is 20.3. The highest BCUT2D eigenvalue weighted by atomic mass is 16.8. The minimum absolute atomic E-state index is 0.0763. The molecule has 3 aliphatic rings. The van der Waals surface area contributed by atoms with Crippen molar-refractivity contribution in [3.05, 3.63) is 75.6 Å². The van der Waals surface area contributed by atoms with Crippen molar-refractivity contribution in [3.8, 4) is 5.75 Å². The van der Waals surface area contributed by atoms with Gasteiger partial charge in [0, 0.05) is 18.8 Å². The number of benzene rings is 1. The third-order valence-corrected chi connectivity index (χ3v) is 6.46. The van der Waals surface area contributed by atoms with Crippen LogP contribution in [0.3, 0.4) is 0 Å². The second-order valence-corrected chi connectivity index (χ2v) is 9.39. The Bertz CT molecular complexity index is 1270. The van der Waals surface area contributed by atoms with Crippen LogP contribution in [0.15, 0.2) is 58.8 Å². The lowest BCUT2D eigenvalue weighted by Crippen LogP contribution is -2.43. The lowest BCUT2D eigenvalue weighted by molar-refractivity contribution is -0.199. The molecule has 4 heterocycles. The van der Waals surface area contributed by atoms with E-state index in [4.69, 9.17) is 23.7 Å². The Morgan fingerprint density at radius 1 is 1.08 bits per heavy atom. The topological polar surface area (TPSA) is 123 Å². The molecule has 0 bridgehead atoms. The summed E-state index contributed by atoms with van der Waals surface area (Å²) in [5, 5.41) is 2.71. The first-order valence-corrected chi connectivity index (χ1v) is 11.7. The van der Waals surface area contributed by atoms with Gasteiger partial charge >= 0.3 is 5.69 Å². The van der Waals surface area contributed by atoms with Crippen molar-refractivity contribution in [1.82, 2.24) is 14.5 Å². The van der Waals surface area contributed by atoms with Crippen molar-refractivity contribution in [2.75, 3.05) is 13.7 Å². The summed E-state index contributed by atoms with van der Waals surface area (Å²) in [5.41, 5.74) is -0.225. The number of methoxy groups -OCH3 is 1. The molecule has 11 heteroatoms. The molecule has 5 rings (SSSR count). The molecule has 3 aliphatic heterocycles. The first kappa shape index (κ1) is 24.4. The Balaban J connectivity index is 1.42. The quantitative estimate of drug-likeness (QED) is 0.413. The van der Waals surface area contributed by atoms with Crippen molar-refractivity contribution < 1.29 is 28.5 Å². The highest BCUT2D eigenvalue weighted by Gasteiger charge is 2.64. The average molecular weight is 500 g/mol. The summed E-state index contributed by atoms with van der Waals surface area (Å²) in [7, 11) is 1.57. The molecule has 1 aromatic carbocycles. The van der Waals surface area contributed by atoms with Crippen LogP contribution < -0.4 is 21.3 Å². The van der Waals surface area contributed by atoms with E-state index < -0.39 is 53.8 Å². The van der Waals surface area contributed by atoms with Crippen LogP contribution >= 0.6 is 0 Å². The van der Waals surface area contributed by atoms with E-state index in [1.807, 2.05) is 0 Å². The molecule has 2 aromatic rings. The number of rotatable bonds is 8. The Hall–Kier alpha value is -3.25. The largest absolute Gasteiger partial charge is 0.497 e. The van der Waals surface area contributed by atoms with Crippen LogP contribution in [0, 0.1) is 0 Å². The predicted molar refractivity (Wildman–Crippen MR) is 127 cm³/mol. The third-order valence-electron chi connectivity index (χ3n) is 6.46. The smallest absolute Gasteiger partial charge is 0.333 e. The van der Waals surface area contributed by atoms with E-state index >= 15 is 0 Å². The van der Waals surface area contributed by atoms with E-state index in [1.165, 1.54) is 16.8 Å². The van der Waals surface area contributed by atoms with E-state index in [0.29, 0.717) is 12.3 Å². The van der Waals surface area contributed by atoms with Crippen LogP contribution in [0.25, 0.3) is 0 Å². The Kier molecular flexibility index (Phi) is 6.33. The molecule has 3 fully saturated rings. The second-order valence-electron chi connectivity index (χ2n) is 9.39. The summed E-state index contributed by atoms with van der Waals surface area (Å²) in [5.74, 6) is -0.522. The third kappa shape index (κ3) is 4.50. The molecule has 11 nitrogen and oxygen atoms in total. The molecular formula is C25H29N3O8. The monoisotopic (exact) mass is 499 g/mol. The van der Waals surface area contributed by atoms with E-state index in [2.05, 4.69) is 11.9 Å². The second kappa shape index (κ2) is 9.32. The van der Waals surface area contributed by atoms with Gasteiger partial charge in [0.1, 0.15) is 30.2 Å². The molecular weight excluding hydrogens is 470 g/mol. The van der Waals surface area contributed by atoms with E-state index in [9.17, 15) is 14.4 Å². The van der Waals surface area contributed by atoms with Gasteiger partial charge in [0.25, 0.3) is 11.5 Å². The Morgan fingerprint density at radius 3 is 2.50 bits per heavy atom. The maximum Gasteiger partial charge on any atom is 0.333 e. The fourth-order valence-corrected chi connectivity index (χ4v) is 4.74. The van der Waals surface area contributed by atoms with Crippen molar-refractivity contribution in [1.29, 1.82) is 0 Å². The first-order valence-electron chi connectivity index (χ1n) is 11.7. The molecule has 1 N–H and O–H groups in total. The fraction of sp³-hybridized carbons (Fsp3) is 0.480. The maximum atomic E-state index is 13.5. The van der Waals surface area contributed by atoms with Gasteiger partial charge in [-0.05, 0) is 31.5 Å². The molecule has 1 aromatic heterocycles. The van der Waals surface area contributed by atoms with E-state index in [1.54, 1.807) is 51.3 Å². The van der Waals surface area contributed by atoms with Gasteiger partial charge in [-0.1, -0.05) is 18.2 Å².